The molecule has 0 fully saturated rings. The van der Waals surface area contributed by atoms with Crippen LogP contribution in [0.1, 0.15) is 20.3 Å². The SMILES string of the molecule is CC(C)N(CCCN)C(=O)NCC(F)(F)F. The second kappa shape index (κ2) is 6.57. The molecule has 7 heteroatoms. The van der Waals surface area contributed by atoms with Crippen LogP contribution in [0.2, 0.25) is 0 Å². The van der Waals surface area contributed by atoms with Gasteiger partial charge in [-0.2, -0.15) is 13.2 Å². The highest BCUT2D eigenvalue weighted by molar-refractivity contribution is 5.74. The fourth-order valence-corrected chi connectivity index (χ4v) is 1.13. The van der Waals surface area contributed by atoms with E-state index in [9.17, 15) is 18.0 Å². The van der Waals surface area contributed by atoms with Crippen molar-refractivity contribution in [3.8, 4) is 0 Å². The van der Waals surface area contributed by atoms with Gasteiger partial charge in [-0.15, -0.1) is 0 Å². The summed E-state index contributed by atoms with van der Waals surface area (Å²) in [7, 11) is 0. The van der Waals surface area contributed by atoms with Gasteiger partial charge in [0.1, 0.15) is 6.54 Å². The van der Waals surface area contributed by atoms with Crippen molar-refractivity contribution in [3.63, 3.8) is 0 Å². The fourth-order valence-electron chi connectivity index (χ4n) is 1.13. The van der Waals surface area contributed by atoms with E-state index in [1.807, 2.05) is 5.32 Å². The molecule has 0 rings (SSSR count). The van der Waals surface area contributed by atoms with E-state index in [4.69, 9.17) is 5.73 Å². The molecule has 0 saturated carbocycles. The molecule has 0 heterocycles. The second-order valence-electron chi connectivity index (χ2n) is 3.70. The predicted octanol–water partition coefficient (Wildman–Crippen LogP) is 1.32. The lowest BCUT2D eigenvalue weighted by Gasteiger charge is -2.27. The van der Waals surface area contributed by atoms with Crippen molar-refractivity contribution >= 4 is 6.03 Å². The number of hydrogen-bond acceptors (Lipinski definition) is 2. The van der Waals surface area contributed by atoms with E-state index < -0.39 is 18.8 Å². The Balaban J connectivity index is 4.17. The highest BCUT2D eigenvalue weighted by atomic mass is 19.4. The number of nitrogens with two attached hydrogens (primary N) is 1. The Kier molecular flexibility index (Phi) is 6.17. The normalized spacial score (nSPS) is 11.7. The van der Waals surface area contributed by atoms with Gasteiger partial charge in [0.25, 0.3) is 0 Å². The minimum absolute atomic E-state index is 0.153. The molecule has 0 aliphatic heterocycles. The number of rotatable bonds is 5. The van der Waals surface area contributed by atoms with Gasteiger partial charge in [0.2, 0.25) is 0 Å². The van der Waals surface area contributed by atoms with Gasteiger partial charge in [0.15, 0.2) is 0 Å². The minimum atomic E-state index is -4.38. The van der Waals surface area contributed by atoms with Crippen LogP contribution >= 0.6 is 0 Å². The lowest BCUT2D eigenvalue weighted by molar-refractivity contribution is -0.123. The van der Waals surface area contributed by atoms with Gasteiger partial charge in [0, 0.05) is 12.6 Å². The summed E-state index contributed by atoms with van der Waals surface area (Å²) in [6.45, 7) is 2.93. The molecule has 0 bridgehead atoms. The summed E-state index contributed by atoms with van der Waals surface area (Å²) in [6.07, 6.45) is -3.82. The van der Waals surface area contributed by atoms with E-state index in [-0.39, 0.29) is 6.04 Å². The maximum absolute atomic E-state index is 11.9. The van der Waals surface area contributed by atoms with Crippen LogP contribution in [0.4, 0.5) is 18.0 Å². The van der Waals surface area contributed by atoms with E-state index in [2.05, 4.69) is 0 Å². The first-order valence-corrected chi connectivity index (χ1v) is 5.09. The first-order valence-electron chi connectivity index (χ1n) is 5.09. The smallest absolute Gasteiger partial charge is 0.330 e. The highest BCUT2D eigenvalue weighted by Gasteiger charge is 2.29. The van der Waals surface area contributed by atoms with E-state index in [0.29, 0.717) is 19.5 Å². The summed E-state index contributed by atoms with van der Waals surface area (Å²) >= 11 is 0. The zero-order chi connectivity index (χ0) is 12.8. The van der Waals surface area contributed by atoms with Crippen LogP contribution in [0.25, 0.3) is 0 Å². The number of nitrogens with one attached hydrogen (secondary N) is 1. The van der Waals surface area contributed by atoms with Crippen molar-refractivity contribution in [2.45, 2.75) is 32.5 Å². The number of carbonyl (C=O) groups is 1. The maximum atomic E-state index is 11.9. The molecule has 3 N–H and O–H groups in total. The number of nitrogens with zero attached hydrogens (tertiary/aromatic N) is 1. The van der Waals surface area contributed by atoms with Crippen molar-refractivity contribution in [3.05, 3.63) is 0 Å². The van der Waals surface area contributed by atoms with Gasteiger partial charge in [-0.05, 0) is 26.8 Å². The topological polar surface area (TPSA) is 58.4 Å². The Bertz CT molecular complexity index is 219. The van der Waals surface area contributed by atoms with Crippen molar-refractivity contribution in [2.75, 3.05) is 19.6 Å². The number of carbonyl (C=O) groups excluding carboxylic acids is 1. The van der Waals surface area contributed by atoms with Crippen LogP contribution < -0.4 is 11.1 Å². The van der Waals surface area contributed by atoms with Crippen LogP contribution in [0.3, 0.4) is 0 Å². The maximum Gasteiger partial charge on any atom is 0.405 e. The van der Waals surface area contributed by atoms with E-state index in [1.165, 1.54) is 4.90 Å². The quantitative estimate of drug-likeness (QED) is 0.762. The molecular formula is C9H18F3N3O. The summed E-state index contributed by atoms with van der Waals surface area (Å²) in [5, 5.41) is 1.83. The highest BCUT2D eigenvalue weighted by Crippen LogP contribution is 2.12. The lowest BCUT2D eigenvalue weighted by Crippen LogP contribution is -2.47. The van der Waals surface area contributed by atoms with Gasteiger partial charge >= 0.3 is 12.2 Å². The molecule has 2 amide bonds. The zero-order valence-electron chi connectivity index (χ0n) is 9.47. The van der Waals surface area contributed by atoms with Crippen molar-refractivity contribution in [2.24, 2.45) is 5.73 Å². The summed E-state index contributed by atoms with van der Waals surface area (Å²) < 4.78 is 35.6. The summed E-state index contributed by atoms with van der Waals surface area (Å²) in [4.78, 5) is 12.7. The van der Waals surface area contributed by atoms with Crippen LogP contribution in [-0.4, -0.2) is 42.8 Å². The number of hydrogen-bond donors (Lipinski definition) is 2. The van der Waals surface area contributed by atoms with E-state index in [1.54, 1.807) is 13.8 Å². The van der Waals surface area contributed by atoms with E-state index >= 15 is 0 Å². The minimum Gasteiger partial charge on any atom is -0.330 e. The molecular weight excluding hydrogens is 223 g/mol. The number of amides is 2. The Morgan fingerprint density at radius 3 is 2.38 bits per heavy atom. The Labute approximate surface area is 93.0 Å². The Hall–Kier alpha value is -0.980. The predicted molar refractivity (Wildman–Crippen MR) is 55.0 cm³/mol. The van der Waals surface area contributed by atoms with Gasteiger partial charge in [-0.3, -0.25) is 0 Å². The molecule has 0 atom stereocenters. The van der Waals surface area contributed by atoms with Crippen molar-refractivity contribution < 1.29 is 18.0 Å². The van der Waals surface area contributed by atoms with E-state index in [0.717, 1.165) is 0 Å². The average molecular weight is 241 g/mol. The number of halogens is 3. The Morgan fingerprint density at radius 2 is 2.00 bits per heavy atom. The molecule has 0 saturated heterocycles. The first kappa shape index (κ1) is 15.0. The largest absolute Gasteiger partial charge is 0.405 e. The number of urea groups is 1. The third-order valence-corrected chi connectivity index (χ3v) is 1.93. The molecule has 16 heavy (non-hydrogen) atoms. The third kappa shape index (κ3) is 6.49. The second-order valence-corrected chi connectivity index (χ2v) is 3.70. The molecule has 96 valence electrons. The lowest BCUT2D eigenvalue weighted by atomic mass is 10.3. The number of alkyl halides is 3. The van der Waals surface area contributed by atoms with Crippen molar-refractivity contribution in [1.29, 1.82) is 0 Å². The van der Waals surface area contributed by atoms with Gasteiger partial charge in [-0.1, -0.05) is 0 Å². The first-order chi connectivity index (χ1) is 7.28. The van der Waals surface area contributed by atoms with Crippen LogP contribution in [0.15, 0.2) is 0 Å². The summed E-state index contributed by atoms with van der Waals surface area (Å²) in [6, 6.07) is -0.861. The van der Waals surface area contributed by atoms with Gasteiger partial charge in [-0.25, -0.2) is 4.79 Å². The van der Waals surface area contributed by atoms with Crippen molar-refractivity contribution in [1.82, 2.24) is 10.2 Å². The molecule has 0 radical (unpaired) electrons. The molecule has 0 spiro atoms. The summed E-state index contributed by atoms with van der Waals surface area (Å²) in [5.74, 6) is 0. The zero-order valence-corrected chi connectivity index (χ0v) is 9.47. The molecule has 0 aromatic heterocycles. The van der Waals surface area contributed by atoms with Crippen LogP contribution in [0.5, 0.6) is 0 Å². The summed E-state index contributed by atoms with van der Waals surface area (Å²) in [5.41, 5.74) is 5.28. The Morgan fingerprint density at radius 1 is 1.44 bits per heavy atom. The average Bonchev–Trinajstić information content (AvgIpc) is 2.13. The van der Waals surface area contributed by atoms with Gasteiger partial charge < -0.3 is 16.0 Å². The third-order valence-electron chi connectivity index (χ3n) is 1.93. The molecule has 0 aliphatic rings. The van der Waals surface area contributed by atoms with Crippen LogP contribution in [0, 0.1) is 0 Å². The molecule has 0 unspecified atom stereocenters. The molecule has 0 aromatic carbocycles. The molecule has 0 aromatic rings. The van der Waals surface area contributed by atoms with Gasteiger partial charge in [0.05, 0.1) is 0 Å². The molecule has 0 aliphatic carbocycles. The standard InChI is InChI=1S/C9H18F3N3O/c1-7(2)15(5-3-4-13)8(16)14-6-9(10,11)12/h7H,3-6,13H2,1-2H3,(H,14,16). The fraction of sp³-hybridized carbons (Fsp3) is 0.889. The molecule has 4 nitrogen and oxygen atoms in total. The van der Waals surface area contributed by atoms with Crippen LogP contribution in [-0.2, 0) is 0 Å². The monoisotopic (exact) mass is 241 g/mol.